The second-order valence-electron chi connectivity index (χ2n) is 6.38. The van der Waals surface area contributed by atoms with Crippen molar-refractivity contribution in [2.75, 3.05) is 38.7 Å². The second-order valence-corrected chi connectivity index (χ2v) is 6.38. The third-order valence-corrected chi connectivity index (χ3v) is 4.51. The third kappa shape index (κ3) is 5.31. The van der Waals surface area contributed by atoms with Crippen LogP contribution in [0.3, 0.4) is 0 Å². The number of amides is 2. The topological polar surface area (TPSA) is 67.9 Å². The van der Waals surface area contributed by atoms with Crippen molar-refractivity contribution in [3.8, 4) is 5.75 Å². The predicted molar refractivity (Wildman–Crippen MR) is 103 cm³/mol. The van der Waals surface area contributed by atoms with Gasteiger partial charge in [0.2, 0.25) is 5.91 Å². The fraction of sp³-hybridized carbons (Fsp3) is 0.333. The van der Waals surface area contributed by atoms with E-state index in [1.807, 2.05) is 24.3 Å². The van der Waals surface area contributed by atoms with Crippen LogP contribution in [0.5, 0.6) is 5.75 Å². The zero-order valence-corrected chi connectivity index (χ0v) is 15.4. The maximum Gasteiger partial charge on any atom is 0.254 e. The molecule has 142 valence electrons. The molecule has 6 nitrogen and oxygen atoms in total. The lowest BCUT2D eigenvalue weighted by atomic mass is 10.1. The van der Waals surface area contributed by atoms with Crippen molar-refractivity contribution >= 4 is 17.5 Å². The first-order valence-corrected chi connectivity index (χ1v) is 9.05. The van der Waals surface area contributed by atoms with E-state index in [-0.39, 0.29) is 11.8 Å². The Balaban J connectivity index is 1.49. The first-order valence-electron chi connectivity index (χ1n) is 9.05. The summed E-state index contributed by atoms with van der Waals surface area (Å²) < 4.78 is 10.4. The molecular formula is C21H24N2O4. The van der Waals surface area contributed by atoms with Crippen LogP contribution in [-0.4, -0.2) is 50.1 Å². The van der Waals surface area contributed by atoms with Crippen molar-refractivity contribution in [1.82, 2.24) is 4.90 Å². The number of carbonyl (C=O) groups excluding carboxylic acids is 2. The van der Waals surface area contributed by atoms with Crippen molar-refractivity contribution in [2.24, 2.45) is 0 Å². The van der Waals surface area contributed by atoms with Gasteiger partial charge < -0.3 is 19.7 Å². The minimum atomic E-state index is -0.0573. The lowest BCUT2D eigenvalue weighted by Gasteiger charge is -2.26. The Morgan fingerprint density at radius 3 is 2.33 bits per heavy atom. The van der Waals surface area contributed by atoms with Gasteiger partial charge in [-0.3, -0.25) is 9.59 Å². The summed E-state index contributed by atoms with van der Waals surface area (Å²) in [6.07, 6.45) is 1.05. The average Bonchev–Trinajstić information content (AvgIpc) is 2.73. The number of methoxy groups -OCH3 is 1. The van der Waals surface area contributed by atoms with Crippen LogP contribution in [0, 0.1) is 0 Å². The van der Waals surface area contributed by atoms with Gasteiger partial charge in [0.1, 0.15) is 5.75 Å². The van der Waals surface area contributed by atoms with Crippen LogP contribution in [0.4, 0.5) is 5.69 Å². The highest BCUT2D eigenvalue weighted by molar-refractivity contribution is 5.96. The Morgan fingerprint density at radius 2 is 1.70 bits per heavy atom. The van der Waals surface area contributed by atoms with E-state index in [4.69, 9.17) is 9.47 Å². The van der Waals surface area contributed by atoms with Crippen molar-refractivity contribution in [3.63, 3.8) is 0 Å². The molecule has 1 aliphatic heterocycles. The van der Waals surface area contributed by atoms with Gasteiger partial charge in [-0.1, -0.05) is 12.1 Å². The fourth-order valence-electron chi connectivity index (χ4n) is 2.92. The molecule has 0 spiro atoms. The van der Waals surface area contributed by atoms with Gasteiger partial charge in [-0.05, 0) is 48.4 Å². The summed E-state index contributed by atoms with van der Waals surface area (Å²) in [5, 5.41) is 2.87. The highest BCUT2D eigenvalue weighted by atomic mass is 16.5. The molecule has 0 atom stereocenters. The minimum absolute atomic E-state index is 0.00400. The summed E-state index contributed by atoms with van der Waals surface area (Å²) >= 11 is 0. The van der Waals surface area contributed by atoms with Gasteiger partial charge in [0.05, 0.1) is 20.3 Å². The number of anilines is 1. The van der Waals surface area contributed by atoms with Gasteiger partial charge in [-0.15, -0.1) is 0 Å². The lowest BCUT2D eigenvalue weighted by Crippen LogP contribution is -2.40. The standard InChI is InChI=1S/C21H24N2O4/c1-26-19-9-2-16(3-10-19)4-11-20(24)22-18-7-5-17(6-8-18)21(25)23-12-14-27-15-13-23/h2-3,5-10H,4,11-15H2,1H3,(H,22,24). The summed E-state index contributed by atoms with van der Waals surface area (Å²) in [7, 11) is 1.63. The maximum atomic E-state index is 12.4. The number of aryl methyl sites for hydroxylation is 1. The monoisotopic (exact) mass is 368 g/mol. The largest absolute Gasteiger partial charge is 0.497 e. The van der Waals surface area contributed by atoms with Crippen LogP contribution in [0.1, 0.15) is 22.3 Å². The second kappa shape index (κ2) is 9.19. The third-order valence-electron chi connectivity index (χ3n) is 4.51. The van der Waals surface area contributed by atoms with Gasteiger partial charge >= 0.3 is 0 Å². The number of nitrogens with zero attached hydrogens (tertiary/aromatic N) is 1. The van der Waals surface area contributed by atoms with Crippen molar-refractivity contribution in [1.29, 1.82) is 0 Å². The first kappa shape index (κ1) is 18.9. The Morgan fingerprint density at radius 1 is 1.04 bits per heavy atom. The molecular weight excluding hydrogens is 344 g/mol. The molecule has 0 bridgehead atoms. The molecule has 2 amide bonds. The van der Waals surface area contributed by atoms with Crippen LogP contribution in [0.15, 0.2) is 48.5 Å². The minimum Gasteiger partial charge on any atom is -0.497 e. The number of ether oxygens (including phenoxy) is 2. The lowest BCUT2D eigenvalue weighted by molar-refractivity contribution is -0.116. The van der Waals surface area contributed by atoms with E-state index < -0.39 is 0 Å². The quantitative estimate of drug-likeness (QED) is 0.851. The summed E-state index contributed by atoms with van der Waals surface area (Å²) in [5.41, 5.74) is 2.39. The van der Waals surface area contributed by atoms with Crippen LogP contribution >= 0.6 is 0 Å². The maximum absolute atomic E-state index is 12.4. The molecule has 0 aliphatic carbocycles. The molecule has 0 radical (unpaired) electrons. The van der Waals surface area contributed by atoms with Crippen molar-refractivity contribution in [2.45, 2.75) is 12.8 Å². The van der Waals surface area contributed by atoms with Gasteiger partial charge in [0.15, 0.2) is 0 Å². The Labute approximate surface area is 159 Å². The van der Waals surface area contributed by atoms with Gasteiger partial charge in [0, 0.05) is 30.8 Å². The van der Waals surface area contributed by atoms with E-state index in [9.17, 15) is 9.59 Å². The summed E-state index contributed by atoms with van der Waals surface area (Å²) in [6.45, 7) is 2.38. The molecule has 0 saturated carbocycles. The number of carbonyl (C=O) groups is 2. The van der Waals surface area contributed by atoms with E-state index in [0.29, 0.717) is 50.4 Å². The molecule has 6 heteroatoms. The number of benzene rings is 2. The van der Waals surface area contributed by atoms with E-state index in [2.05, 4.69) is 5.32 Å². The highest BCUT2D eigenvalue weighted by Gasteiger charge is 2.18. The van der Waals surface area contributed by atoms with Gasteiger partial charge in [-0.2, -0.15) is 0 Å². The smallest absolute Gasteiger partial charge is 0.254 e. The molecule has 0 unspecified atom stereocenters. The molecule has 0 aromatic heterocycles. The molecule has 3 rings (SSSR count). The zero-order valence-electron chi connectivity index (χ0n) is 15.4. The van der Waals surface area contributed by atoms with E-state index >= 15 is 0 Å². The Bertz CT molecular complexity index is 766. The van der Waals surface area contributed by atoms with Gasteiger partial charge in [-0.25, -0.2) is 0 Å². The van der Waals surface area contributed by atoms with Crippen LogP contribution < -0.4 is 10.1 Å². The molecule has 1 aliphatic rings. The summed E-state index contributed by atoms with van der Waals surface area (Å²) in [6, 6.07) is 14.7. The average molecular weight is 368 g/mol. The van der Waals surface area contributed by atoms with E-state index in [0.717, 1.165) is 11.3 Å². The molecule has 1 fully saturated rings. The van der Waals surface area contributed by atoms with Crippen molar-refractivity contribution < 1.29 is 19.1 Å². The summed E-state index contributed by atoms with van der Waals surface area (Å²) in [4.78, 5) is 26.3. The predicted octanol–water partition coefficient (Wildman–Crippen LogP) is 2.74. The van der Waals surface area contributed by atoms with Gasteiger partial charge in [0.25, 0.3) is 5.91 Å². The fourth-order valence-corrected chi connectivity index (χ4v) is 2.92. The number of hydrogen-bond acceptors (Lipinski definition) is 4. The normalized spacial score (nSPS) is 13.9. The number of nitrogens with one attached hydrogen (secondary N) is 1. The number of morpholine rings is 1. The molecule has 27 heavy (non-hydrogen) atoms. The Hall–Kier alpha value is -2.86. The first-order chi connectivity index (χ1) is 13.2. The highest BCUT2D eigenvalue weighted by Crippen LogP contribution is 2.15. The van der Waals surface area contributed by atoms with Crippen LogP contribution in [0.2, 0.25) is 0 Å². The van der Waals surface area contributed by atoms with Crippen molar-refractivity contribution in [3.05, 3.63) is 59.7 Å². The Kier molecular flexibility index (Phi) is 6.44. The van der Waals surface area contributed by atoms with Crippen LogP contribution in [-0.2, 0) is 16.0 Å². The van der Waals surface area contributed by atoms with Crippen LogP contribution in [0.25, 0.3) is 0 Å². The molecule has 1 saturated heterocycles. The molecule has 1 N–H and O–H groups in total. The molecule has 2 aromatic carbocycles. The van der Waals surface area contributed by atoms with E-state index in [1.165, 1.54) is 0 Å². The zero-order chi connectivity index (χ0) is 19.1. The molecule has 2 aromatic rings. The SMILES string of the molecule is COc1ccc(CCC(=O)Nc2ccc(C(=O)N3CCOCC3)cc2)cc1. The summed E-state index contributed by atoms with van der Waals surface area (Å²) in [5.74, 6) is 0.740. The number of hydrogen-bond donors (Lipinski definition) is 1. The number of rotatable bonds is 6. The van der Waals surface area contributed by atoms with E-state index in [1.54, 1.807) is 36.3 Å². The molecule has 1 heterocycles.